The van der Waals surface area contributed by atoms with Gasteiger partial charge < -0.3 is 14.6 Å². The first-order valence-electron chi connectivity index (χ1n) is 6.03. The second kappa shape index (κ2) is 6.20. The Hall–Kier alpha value is -2.07. The summed E-state index contributed by atoms with van der Waals surface area (Å²) in [5.74, 6) is 1.35. The van der Waals surface area contributed by atoms with Crippen LogP contribution in [0.15, 0.2) is 42.7 Å². The highest BCUT2D eigenvalue weighted by Gasteiger charge is 2.15. The Morgan fingerprint density at radius 1 is 1.11 bits per heavy atom. The summed E-state index contributed by atoms with van der Waals surface area (Å²) < 4.78 is 10.5. The Labute approximate surface area is 112 Å². The van der Waals surface area contributed by atoms with E-state index < -0.39 is 6.10 Å². The number of aliphatic hydroxyl groups is 1. The fourth-order valence-corrected chi connectivity index (χ4v) is 1.95. The maximum atomic E-state index is 10.3. The van der Waals surface area contributed by atoms with Gasteiger partial charge in [-0.25, -0.2) is 0 Å². The Balaban J connectivity index is 2.24. The van der Waals surface area contributed by atoms with Crippen molar-refractivity contribution in [1.82, 2.24) is 4.98 Å². The van der Waals surface area contributed by atoms with E-state index in [1.54, 1.807) is 38.7 Å². The normalized spacial score (nSPS) is 11.9. The molecule has 1 atom stereocenters. The smallest absolute Gasteiger partial charge is 0.124 e. The van der Waals surface area contributed by atoms with Gasteiger partial charge in [0.2, 0.25) is 0 Å². The van der Waals surface area contributed by atoms with Gasteiger partial charge in [0.15, 0.2) is 0 Å². The largest absolute Gasteiger partial charge is 0.497 e. The van der Waals surface area contributed by atoms with E-state index >= 15 is 0 Å². The third-order valence-electron chi connectivity index (χ3n) is 2.97. The van der Waals surface area contributed by atoms with Gasteiger partial charge in [-0.3, -0.25) is 4.98 Å². The molecule has 0 aliphatic rings. The summed E-state index contributed by atoms with van der Waals surface area (Å²) in [6.07, 6.45) is 3.29. The van der Waals surface area contributed by atoms with Crippen molar-refractivity contribution in [2.24, 2.45) is 0 Å². The third-order valence-corrected chi connectivity index (χ3v) is 2.97. The lowest BCUT2D eigenvalue weighted by molar-refractivity contribution is 0.173. The summed E-state index contributed by atoms with van der Waals surface area (Å²) in [5.41, 5.74) is 1.74. The van der Waals surface area contributed by atoms with Crippen molar-refractivity contribution in [3.8, 4) is 11.5 Å². The molecule has 0 aliphatic heterocycles. The zero-order valence-corrected chi connectivity index (χ0v) is 11.0. The Morgan fingerprint density at radius 3 is 2.47 bits per heavy atom. The van der Waals surface area contributed by atoms with Gasteiger partial charge in [-0.2, -0.15) is 0 Å². The molecule has 1 aromatic heterocycles. The lowest BCUT2D eigenvalue weighted by Gasteiger charge is -2.16. The number of ether oxygens (including phenoxy) is 2. The zero-order chi connectivity index (χ0) is 13.7. The molecule has 0 bridgehead atoms. The molecule has 1 unspecified atom stereocenters. The van der Waals surface area contributed by atoms with Crippen LogP contribution < -0.4 is 9.47 Å². The van der Waals surface area contributed by atoms with E-state index in [0.717, 1.165) is 11.1 Å². The fraction of sp³-hybridized carbons (Fsp3) is 0.267. The first-order chi connectivity index (χ1) is 9.24. The maximum absolute atomic E-state index is 10.3. The molecule has 4 heteroatoms. The standard InChI is InChI=1S/C15H17NO3/c1-18-12-3-4-15(19-2)13(10-12)14(17)9-11-5-7-16-8-6-11/h3-8,10,14,17H,9H2,1-2H3. The highest BCUT2D eigenvalue weighted by Crippen LogP contribution is 2.31. The van der Waals surface area contributed by atoms with Crippen LogP contribution in [0.5, 0.6) is 11.5 Å². The van der Waals surface area contributed by atoms with Gasteiger partial charge in [-0.1, -0.05) is 0 Å². The number of rotatable bonds is 5. The van der Waals surface area contributed by atoms with Crippen LogP contribution in [-0.2, 0) is 6.42 Å². The summed E-state index contributed by atoms with van der Waals surface area (Å²) in [6.45, 7) is 0. The average Bonchev–Trinajstić information content (AvgIpc) is 2.47. The molecule has 2 rings (SSSR count). The molecule has 100 valence electrons. The van der Waals surface area contributed by atoms with E-state index in [1.165, 1.54) is 0 Å². The SMILES string of the molecule is COc1ccc(OC)c(C(O)Cc2ccncc2)c1. The molecular formula is C15H17NO3. The predicted octanol–water partition coefficient (Wildman–Crippen LogP) is 2.37. The van der Waals surface area contributed by atoms with Crippen LogP contribution in [0.4, 0.5) is 0 Å². The minimum Gasteiger partial charge on any atom is -0.497 e. The van der Waals surface area contributed by atoms with E-state index in [1.807, 2.05) is 18.2 Å². The number of benzene rings is 1. The van der Waals surface area contributed by atoms with Gasteiger partial charge in [0.25, 0.3) is 0 Å². The van der Waals surface area contributed by atoms with Gasteiger partial charge in [0.05, 0.1) is 20.3 Å². The molecule has 0 saturated heterocycles. The molecule has 0 radical (unpaired) electrons. The van der Waals surface area contributed by atoms with Crippen molar-refractivity contribution < 1.29 is 14.6 Å². The molecular weight excluding hydrogens is 242 g/mol. The van der Waals surface area contributed by atoms with Gasteiger partial charge in [-0.05, 0) is 35.9 Å². The molecule has 2 aromatic rings. The quantitative estimate of drug-likeness (QED) is 0.895. The van der Waals surface area contributed by atoms with Crippen LogP contribution >= 0.6 is 0 Å². The topological polar surface area (TPSA) is 51.6 Å². The fourth-order valence-electron chi connectivity index (χ4n) is 1.95. The van der Waals surface area contributed by atoms with Crippen LogP contribution in [0.25, 0.3) is 0 Å². The Morgan fingerprint density at radius 2 is 1.84 bits per heavy atom. The highest BCUT2D eigenvalue weighted by atomic mass is 16.5. The van der Waals surface area contributed by atoms with E-state index in [2.05, 4.69) is 4.98 Å². The van der Waals surface area contributed by atoms with Gasteiger partial charge in [0, 0.05) is 24.4 Å². The monoisotopic (exact) mass is 259 g/mol. The van der Waals surface area contributed by atoms with Gasteiger partial charge in [-0.15, -0.1) is 0 Å². The van der Waals surface area contributed by atoms with Crippen molar-refractivity contribution >= 4 is 0 Å². The molecule has 19 heavy (non-hydrogen) atoms. The molecule has 4 nitrogen and oxygen atoms in total. The number of pyridine rings is 1. The van der Waals surface area contributed by atoms with Crippen molar-refractivity contribution in [2.45, 2.75) is 12.5 Å². The number of nitrogens with zero attached hydrogens (tertiary/aromatic N) is 1. The maximum Gasteiger partial charge on any atom is 0.124 e. The second-order valence-electron chi connectivity index (χ2n) is 4.18. The molecule has 0 amide bonds. The average molecular weight is 259 g/mol. The third kappa shape index (κ3) is 3.23. The van der Waals surface area contributed by atoms with Crippen molar-refractivity contribution in [1.29, 1.82) is 0 Å². The number of hydrogen-bond acceptors (Lipinski definition) is 4. The van der Waals surface area contributed by atoms with Gasteiger partial charge >= 0.3 is 0 Å². The zero-order valence-electron chi connectivity index (χ0n) is 11.0. The lowest BCUT2D eigenvalue weighted by atomic mass is 10.0. The molecule has 0 saturated carbocycles. The van der Waals surface area contributed by atoms with Crippen molar-refractivity contribution in [3.63, 3.8) is 0 Å². The van der Waals surface area contributed by atoms with Crippen LogP contribution in [0.1, 0.15) is 17.2 Å². The molecule has 0 spiro atoms. The van der Waals surface area contributed by atoms with Crippen LogP contribution in [-0.4, -0.2) is 24.3 Å². The number of methoxy groups -OCH3 is 2. The Bertz CT molecular complexity index is 528. The minimum atomic E-state index is -0.646. The molecule has 0 fully saturated rings. The Kier molecular flexibility index (Phi) is 4.36. The number of aromatic nitrogens is 1. The lowest BCUT2D eigenvalue weighted by Crippen LogP contribution is -2.04. The van der Waals surface area contributed by atoms with Crippen LogP contribution in [0.2, 0.25) is 0 Å². The minimum absolute atomic E-state index is 0.506. The van der Waals surface area contributed by atoms with E-state index in [9.17, 15) is 5.11 Å². The first kappa shape index (κ1) is 13.4. The van der Waals surface area contributed by atoms with Crippen LogP contribution in [0, 0.1) is 0 Å². The molecule has 1 N–H and O–H groups in total. The highest BCUT2D eigenvalue weighted by molar-refractivity contribution is 5.42. The van der Waals surface area contributed by atoms with Gasteiger partial charge in [0.1, 0.15) is 11.5 Å². The van der Waals surface area contributed by atoms with E-state index in [4.69, 9.17) is 9.47 Å². The summed E-state index contributed by atoms with van der Waals surface area (Å²) in [6, 6.07) is 9.17. The van der Waals surface area contributed by atoms with E-state index in [0.29, 0.717) is 17.9 Å². The van der Waals surface area contributed by atoms with Crippen molar-refractivity contribution in [2.75, 3.05) is 14.2 Å². The summed E-state index contributed by atoms with van der Waals surface area (Å²) in [5, 5.41) is 10.3. The first-order valence-corrected chi connectivity index (χ1v) is 6.03. The molecule has 1 heterocycles. The predicted molar refractivity (Wildman–Crippen MR) is 72.4 cm³/mol. The summed E-state index contributed by atoms with van der Waals surface area (Å²) >= 11 is 0. The number of hydrogen-bond donors (Lipinski definition) is 1. The second-order valence-corrected chi connectivity index (χ2v) is 4.18. The van der Waals surface area contributed by atoms with Crippen LogP contribution in [0.3, 0.4) is 0 Å². The van der Waals surface area contributed by atoms with Crippen molar-refractivity contribution in [3.05, 3.63) is 53.9 Å². The summed E-state index contributed by atoms with van der Waals surface area (Å²) in [4.78, 5) is 3.96. The van der Waals surface area contributed by atoms with E-state index in [-0.39, 0.29) is 0 Å². The molecule has 0 aliphatic carbocycles. The summed E-state index contributed by atoms with van der Waals surface area (Å²) in [7, 11) is 3.19. The molecule has 1 aromatic carbocycles. The number of aliphatic hydroxyl groups excluding tert-OH is 1.